The Kier molecular flexibility index (Phi) is 3.83. The normalized spacial score (nSPS) is 11.4. The second-order valence-corrected chi connectivity index (χ2v) is 5.66. The molecule has 0 saturated carbocycles. The third-order valence-electron chi connectivity index (χ3n) is 3.17. The third-order valence-corrected chi connectivity index (χ3v) is 3.94. The number of halogens is 2. The lowest BCUT2D eigenvalue weighted by molar-refractivity contribution is 0.597. The van der Waals surface area contributed by atoms with Crippen LogP contribution < -0.4 is 5.43 Å². The van der Waals surface area contributed by atoms with E-state index in [1.807, 2.05) is 19.1 Å². The SMILES string of the molecule is Cc1c(CBr)n(C(C)C)c2cc(Cl)ccc2c1=O. The molecule has 1 heterocycles. The van der Waals surface area contributed by atoms with Crippen LogP contribution in [0, 0.1) is 6.92 Å². The average molecular weight is 329 g/mol. The van der Waals surface area contributed by atoms with Crippen molar-refractivity contribution in [3.05, 3.63) is 44.7 Å². The molecule has 0 aliphatic rings. The lowest BCUT2D eigenvalue weighted by atomic mass is 10.1. The van der Waals surface area contributed by atoms with Gasteiger partial charge in [0.15, 0.2) is 5.43 Å². The lowest BCUT2D eigenvalue weighted by Gasteiger charge is -2.21. The van der Waals surface area contributed by atoms with E-state index in [1.165, 1.54) is 0 Å². The number of alkyl halides is 1. The van der Waals surface area contributed by atoms with E-state index in [0.29, 0.717) is 10.4 Å². The summed E-state index contributed by atoms with van der Waals surface area (Å²) in [4.78, 5) is 12.3. The molecule has 0 radical (unpaired) electrons. The second-order valence-electron chi connectivity index (χ2n) is 4.66. The molecule has 1 aromatic carbocycles. The zero-order valence-corrected chi connectivity index (χ0v) is 13.0. The summed E-state index contributed by atoms with van der Waals surface area (Å²) < 4.78 is 2.17. The van der Waals surface area contributed by atoms with Crippen LogP contribution >= 0.6 is 27.5 Å². The fourth-order valence-corrected chi connectivity index (χ4v) is 3.17. The summed E-state index contributed by atoms with van der Waals surface area (Å²) in [5, 5.41) is 2.05. The molecule has 0 fully saturated rings. The summed E-state index contributed by atoms with van der Waals surface area (Å²) in [6.07, 6.45) is 0. The number of hydrogen-bond donors (Lipinski definition) is 0. The number of pyridine rings is 1. The quantitative estimate of drug-likeness (QED) is 0.747. The van der Waals surface area contributed by atoms with Gasteiger partial charge >= 0.3 is 0 Å². The zero-order chi connectivity index (χ0) is 13.4. The predicted octanol–water partition coefficient (Wildman–Crippen LogP) is 4.44. The van der Waals surface area contributed by atoms with E-state index in [9.17, 15) is 4.79 Å². The van der Waals surface area contributed by atoms with Gasteiger partial charge in [0.2, 0.25) is 0 Å². The van der Waals surface area contributed by atoms with E-state index in [4.69, 9.17) is 11.6 Å². The number of benzene rings is 1. The lowest BCUT2D eigenvalue weighted by Crippen LogP contribution is -2.19. The molecule has 2 rings (SSSR count). The number of nitrogens with zero attached hydrogens (tertiary/aromatic N) is 1. The van der Waals surface area contributed by atoms with E-state index in [0.717, 1.165) is 22.2 Å². The van der Waals surface area contributed by atoms with Crippen molar-refractivity contribution in [3.8, 4) is 0 Å². The molecule has 0 spiro atoms. The molecular formula is C14H15BrClNO. The van der Waals surface area contributed by atoms with Crippen LogP contribution in [0.25, 0.3) is 10.9 Å². The first-order valence-electron chi connectivity index (χ1n) is 5.86. The Hall–Kier alpha value is -0.800. The molecule has 0 saturated heterocycles. The van der Waals surface area contributed by atoms with Gasteiger partial charge in [-0.05, 0) is 39.0 Å². The number of hydrogen-bond acceptors (Lipinski definition) is 1. The standard InChI is InChI=1S/C14H15BrClNO/c1-8(2)17-12-6-10(16)4-5-11(12)14(18)9(3)13(17)7-15/h4-6,8H,7H2,1-3H3. The fourth-order valence-electron chi connectivity index (χ4n) is 2.31. The first-order valence-corrected chi connectivity index (χ1v) is 7.36. The molecule has 18 heavy (non-hydrogen) atoms. The minimum absolute atomic E-state index is 0.0908. The minimum Gasteiger partial charge on any atom is -0.341 e. The first kappa shape index (κ1) is 13.6. The van der Waals surface area contributed by atoms with Crippen molar-refractivity contribution >= 4 is 38.4 Å². The second kappa shape index (κ2) is 5.06. The van der Waals surface area contributed by atoms with Gasteiger partial charge < -0.3 is 4.57 Å². The summed E-state index contributed by atoms with van der Waals surface area (Å²) >= 11 is 9.53. The van der Waals surface area contributed by atoms with E-state index in [1.54, 1.807) is 6.07 Å². The van der Waals surface area contributed by atoms with Gasteiger partial charge in [-0.15, -0.1) is 0 Å². The van der Waals surface area contributed by atoms with Crippen LogP contribution in [0.1, 0.15) is 31.1 Å². The highest BCUT2D eigenvalue weighted by Gasteiger charge is 2.15. The Bertz CT molecular complexity index is 661. The van der Waals surface area contributed by atoms with Crippen LogP contribution in [-0.2, 0) is 5.33 Å². The molecule has 4 heteroatoms. The molecule has 0 atom stereocenters. The van der Waals surface area contributed by atoms with Crippen molar-refractivity contribution in [2.24, 2.45) is 0 Å². The van der Waals surface area contributed by atoms with E-state index in [2.05, 4.69) is 34.3 Å². The highest BCUT2D eigenvalue weighted by atomic mass is 79.9. The van der Waals surface area contributed by atoms with Crippen LogP contribution in [-0.4, -0.2) is 4.57 Å². The first-order chi connectivity index (χ1) is 8.47. The van der Waals surface area contributed by atoms with Gasteiger partial charge in [0.1, 0.15) is 0 Å². The highest BCUT2D eigenvalue weighted by Crippen LogP contribution is 2.25. The summed E-state index contributed by atoms with van der Waals surface area (Å²) in [7, 11) is 0. The Labute approximate surface area is 120 Å². The van der Waals surface area contributed by atoms with Crippen LogP contribution in [0.15, 0.2) is 23.0 Å². The maximum absolute atomic E-state index is 12.3. The van der Waals surface area contributed by atoms with E-state index in [-0.39, 0.29) is 11.5 Å². The largest absolute Gasteiger partial charge is 0.341 e. The van der Waals surface area contributed by atoms with E-state index >= 15 is 0 Å². The minimum atomic E-state index is 0.0908. The van der Waals surface area contributed by atoms with Crippen molar-refractivity contribution in [1.29, 1.82) is 0 Å². The van der Waals surface area contributed by atoms with Gasteiger partial charge in [-0.2, -0.15) is 0 Å². The zero-order valence-electron chi connectivity index (χ0n) is 10.6. The average Bonchev–Trinajstić information content (AvgIpc) is 2.32. The maximum atomic E-state index is 12.3. The maximum Gasteiger partial charge on any atom is 0.192 e. The van der Waals surface area contributed by atoms with Crippen LogP contribution in [0.3, 0.4) is 0 Å². The molecule has 0 amide bonds. The highest BCUT2D eigenvalue weighted by molar-refractivity contribution is 9.08. The molecular weight excluding hydrogens is 314 g/mol. The van der Waals surface area contributed by atoms with Crippen molar-refractivity contribution in [2.75, 3.05) is 0 Å². The van der Waals surface area contributed by atoms with E-state index < -0.39 is 0 Å². The Morgan fingerprint density at radius 2 is 2.06 bits per heavy atom. The predicted molar refractivity (Wildman–Crippen MR) is 81.0 cm³/mol. The number of rotatable bonds is 2. The summed E-state index contributed by atoms with van der Waals surface area (Å²) in [6, 6.07) is 5.72. The summed E-state index contributed by atoms with van der Waals surface area (Å²) in [5.41, 5.74) is 2.82. The van der Waals surface area contributed by atoms with Crippen molar-refractivity contribution < 1.29 is 0 Å². The van der Waals surface area contributed by atoms with Gasteiger partial charge in [-0.25, -0.2) is 0 Å². The molecule has 0 unspecified atom stereocenters. The number of aromatic nitrogens is 1. The molecule has 96 valence electrons. The Morgan fingerprint density at radius 1 is 1.39 bits per heavy atom. The van der Waals surface area contributed by atoms with Crippen molar-refractivity contribution in [3.63, 3.8) is 0 Å². The van der Waals surface area contributed by atoms with Gasteiger partial charge in [-0.1, -0.05) is 27.5 Å². The fraction of sp³-hybridized carbons (Fsp3) is 0.357. The van der Waals surface area contributed by atoms with Gasteiger partial charge in [0.05, 0.1) is 5.52 Å². The van der Waals surface area contributed by atoms with Crippen LogP contribution in [0.5, 0.6) is 0 Å². The summed E-state index contributed by atoms with van der Waals surface area (Å²) in [5.74, 6) is 0. The third kappa shape index (κ3) is 2.10. The number of fused-ring (bicyclic) bond motifs is 1. The summed E-state index contributed by atoms with van der Waals surface area (Å²) in [6.45, 7) is 6.10. The Morgan fingerprint density at radius 3 is 2.61 bits per heavy atom. The molecule has 2 aromatic rings. The van der Waals surface area contributed by atoms with Crippen molar-refractivity contribution in [2.45, 2.75) is 32.1 Å². The van der Waals surface area contributed by atoms with Crippen LogP contribution in [0.2, 0.25) is 5.02 Å². The molecule has 0 aliphatic carbocycles. The Balaban J connectivity index is 3.04. The monoisotopic (exact) mass is 327 g/mol. The molecule has 0 aliphatic heterocycles. The van der Waals surface area contributed by atoms with Crippen LogP contribution in [0.4, 0.5) is 0 Å². The molecule has 1 aromatic heterocycles. The molecule has 2 nitrogen and oxygen atoms in total. The smallest absolute Gasteiger partial charge is 0.192 e. The van der Waals surface area contributed by atoms with Gasteiger partial charge in [-0.3, -0.25) is 4.79 Å². The van der Waals surface area contributed by atoms with Gasteiger partial charge in [0.25, 0.3) is 0 Å². The van der Waals surface area contributed by atoms with Crippen molar-refractivity contribution in [1.82, 2.24) is 4.57 Å². The topological polar surface area (TPSA) is 22.0 Å². The molecule has 0 bridgehead atoms. The van der Waals surface area contributed by atoms with Gasteiger partial charge in [0, 0.05) is 33.0 Å². The molecule has 0 N–H and O–H groups in total.